The van der Waals surface area contributed by atoms with Crippen LogP contribution >= 0.6 is 11.6 Å². The van der Waals surface area contributed by atoms with Gasteiger partial charge in [0, 0.05) is 12.5 Å². The van der Waals surface area contributed by atoms with Gasteiger partial charge >= 0.3 is 0 Å². The number of fused-ring (bicyclic) bond motifs is 1. The molecule has 3 aromatic heterocycles. The molecule has 0 N–H and O–H groups in total. The van der Waals surface area contributed by atoms with Crippen molar-refractivity contribution in [2.24, 2.45) is 0 Å². The molecular weight excluding hydrogens is 252 g/mol. The van der Waals surface area contributed by atoms with Crippen molar-refractivity contribution in [3.63, 3.8) is 0 Å². The molecule has 0 amide bonds. The van der Waals surface area contributed by atoms with Crippen molar-refractivity contribution in [3.05, 3.63) is 35.1 Å². The van der Waals surface area contributed by atoms with Crippen LogP contribution in [0.5, 0.6) is 0 Å². The van der Waals surface area contributed by atoms with Gasteiger partial charge in [-0.2, -0.15) is 0 Å². The average molecular weight is 263 g/mol. The van der Waals surface area contributed by atoms with Crippen LogP contribution in [0.4, 0.5) is 0 Å². The molecule has 5 nitrogen and oxygen atoms in total. The van der Waals surface area contributed by atoms with Crippen LogP contribution < -0.4 is 0 Å². The number of aryl methyl sites for hydroxylation is 2. The summed E-state index contributed by atoms with van der Waals surface area (Å²) in [6, 6.07) is 3.58. The number of halogens is 1. The van der Waals surface area contributed by atoms with Gasteiger partial charge in [-0.05, 0) is 13.0 Å². The third-order valence-corrected chi connectivity index (χ3v) is 3.03. The van der Waals surface area contributed by atoms with E-state index < -0.39 is 0 Å². The van der Waals surface area contributed by atoms with Crippen LogP contribution in [-0.2, 0) is 6.42 Å². The van der Waals surface area contributed by atoms with Crippen LogP contribution in [0.3, 0.4) is 0 Å². The number of furan rings is 1. The standard InChI is InChI=1S/C12H11ClN4O/c1-3-9-8(4-5-18-9)12-16-15-11-6-10(13)14-7(2)17(11)12/h4-6H,3H2,1-2H3. The van der Waals surface area contributed by atoms with Gasteiger partial charge < -0.3 is 4.42 Å². The second-order valence-corrected chi connectivity index (χ2v) is 4.34. The smallest absolute Gasteiger partial charge is 0.173 e. The summed E-state index contributed by atoms with van der Waals surface area (Å²) >= 11 is 5.91. The minimum Gasteiger partial charge on any atom is -0.469 e. The normalized spacial score (nSPS) is 11.3. The molecule has 18 heavy (non-hydrogen) atoms. The van der Waals surface area contributed by atoms with Gasteiger partial charge in [-0.15, -0.1) is 10.2 Å². The van der Waals surface area contributed by atoms with Crippen LogP contribution in [0, 0.1) is 6.92 Å². The van der Waals surface area contributed by atoms with Crippen molar-refractivity contribution < 1.29 is 4.42 Å². The minimum absolute atomic E-state index is 0.418. The first-order valence-corrected chi connectivity index (χ1v) is 6.03. The van der Waals surface area contributed by atoms with E-state index in [1.54, 1.807) is 12.3 Å². The molecule has 3 aromatic rings. The van der Waals surface area contributed by atoms with Crippen molar-refractivity contribution in [1.29, 1.82) is 0 Å². The fraction of sp³-hybridized carbons (Fsp3) is 0.250. The number of nitrogens with zero attached hydrogens (tertiary/aromatic N) is 4. The molecule has 0 aliphatic carbocycles. The molecule has 3 heterocycles. The Morgan fingerprint density at radius 1 is 1.39 bits per heavy atom. The van der Waals surface area contributed by atoms with E-state index >= 15 is 0 Å². The lowest BCUT2D eigenvalue weighted by molar-refractivity contribution is 0.517. The Kier molecular flexibility index (Phi) is 2.56. The molecule has 0 bridgehead atoms. The summed E-state index contributed by atoms with van der Waals surface area (Å²) in [7, 11) is 0. The Morgan fingerprint density at radius 3 is 3.00 bits per heavy atom. The predicted molar refractivity (Wildman–Crippen MR) is 67.6 cm³/mol. The Labute approximate surface area is 108 Å². The number of aromatic nitrogens is 4. The summed E-state index contributed by atoms with van der Waals surface area (Å²) in [5.74, 6) is 2.37. The molecule has 92 valence electrons. The molecule has 0 unspecified atom stereocenters. The van der Waals surface area contributed by atoms with Gasteiger partial charge in [-0.1, -0.05) is 18.5 Å². The molecule has 0 atom stereocenters. The molecule has 0 saturated heterocycles. The lowest BCUT2D eigenvalue weighted by Gasteiger charge is -2.03. The topological polar surface area (TPSA) is 56.2 Å². The van der Waals surface area contributed by atoms with Crippen molar-refractivity contribution in [2.75, 3.05) is 0 Å². The van der Waals surface area contributed by atoms with E-state index in [1.807, 2.05) is 24.3 Å². The molecule has 0 fully saturated rings. The predicted octanol–water partition coefficient (Wildman–Crippen LogP) is 2.91. The first kappa shape index (κ1) is 11.2. The summed E-state index contributed by atoms with van der Waals surface area (Å²) in [6.07, 6.45) is 2.46. The molecule has 6 heteroatoms. The van der Waals surface area contributed by atoms with Gasteiger partial charge in [0.25, 0.3) is 0 Å². The molecular formula is C12H11ClN4O. The third-order valence-electron chi connectivity index (χ3n) is 2.84. The van der Waals surface area contributed by atoms with E-state index in [9.17, 15) is 0 Å². The van der Waals surface area contributed by atoms with E-state index in [1.165, 1.54) is 0 Å². The largest absolute Gasteiger partial charge is 0.469 e. The van der Waals surface area contributed by atoms with E-state index in [2.05, 4.69) is 15.2 Å². The highest BCUT2D eigenvalue weighted by atomic mass is 35.5. The quantitative estimate of drug-likeness (QED) is 0.667. The fourth-order valence-electron chi connectivity index (χ4n) is 2.04. The Bertz CT molecular complexity index is 716. The zero-order valence-electron chi connectivity index (χ0n) is 10.0. The fourth-order valence-corrected chi connectivity index (χ4v) is 2.26. The van der Waals surface area contributed by atoms with Crippen LogP contribution in [0.1, 0.15) is 18.5 Å². The summed E-state index contributed by atoms with van der Waals surface area (Å²) < 4.78 is 7.29. The highest BCUT2D eigenvalue weighted by Gasteiger charge is 2.16. The van der Waals surface area contributed by atoms with E-state index in [0.29, 0.717) is 10.8 Å². The van der Waals surface area contributed by atoms with Gasteiger partial charge in [-0.25, -0.2) is 4.98 Å². The highest BCUT2D eigenvalue weighted by Crippen LogP contribution is 2.25. The lowest BCUT2D eigenvalue weighted by atomic mass is 10.2. The molecule has 0 spiro atoms. The Balaban J connectivity index is 2.31. The Hall–Kier alpha value is -1.88. The van der Waals surface area contributed by atoms with E-state index in [0.717, 1.165) is 29.4 Å². The van der Waals surface area contributed by atoms with Gasteiger partial charge in [0.05, 0.1) is 11.8 Å². The summed E-state index contributed by atoms with van der Waals surface area (Å²) in [6.45, 7) is 3.91. The van der Waals surface area contributed by atoms with Crippen LogP contribution in [-0.4, -0.2) is 19.6 Å². The van der Waals surface area contributed by atoms with E-state index in [4.69, 9.17) is 16.0 Å². The van der Waals surface area contributed by atoms with Gasteiger partial charge in [-0.3, -0.25) is 4.40 Å². The van der Waals surface area contributed by atoms with Gasteiger partial charge in [0.2, 0.25) is 0 Å². The summed E-state index contributed by atoms with van der Waals surface area (Å²) in [5.41, 5.74) is 1.63. The third kappa shape index (κ3) is 1.59. The van der Waals surface area contributed by atoms with Crippen molar-refractivity contribution >= 4 is 17.2 Å². The average Bonchev–Trinajstić information content (AvgIpc) is 2.92. The molecule has 0 saturated carbocycles. The second kappa shape index (κ2) is 4.10. The van der Waals surface area contributed by atoms with Crippen LogP contribution in [0.2, 0.25) is 5.15 Å². The summed E-state index contributed by atoms with van der Waals surface area (Å²) in [5, 5.41) is 8.74. The maximum absolute atomic E-state index is 5.91. The van der Waals surface area contributed by atoms with Crippen molar-refractivity contribution in [2.45, 2.75) is 20.3 Å². The lowest BCUT2D eigenvalue weighted by Crippen LogP contribution is -1.98. The van der Waals surface area contributed by atoms with Crippen LogP contribution in [0.25, 0.3) is 17.0 Å². The zero-order chi connectivity index (χ0) is 12.7. The molecule has 0 radical (unpaired) electrons. The molecule has 0 aliphatic heterocycles. The second-order valence-electron chi connectivity index (χ2n) is 3.95. The number of rotatable bonds is 2. The maximum Gasteiger partial charge on any atom is 0.173 e. The molecule has 0 aliphatic rings. The molecule has 0 aromatic carbocycles. The summed E-state index contributed by atoms with van der Waals surface area (Å²) in [4.78, 5) is 4.22. The zero-order valence-corrected chi connectivity index (χ0v) is 10.8. The molecule has 3 rings (SSSR count). The first-order valence-electron chi connectivity index (χ1n) is 5.65. The monoisotopic (exact) mass is 262 g/mol. The maximum atomic E-state index is 5.91. The van der Waals surface area contributed by atoms with Crippen molar-refractivity contribution in [3.8, 4) is 11.4 Å². The highest BCUT2D eigenvalue weighted by molar-refractivity contribution is 6.29. The first-order chi connectivity index (χ1) is 8.70. The van der Waals surface area contributed by atoms with Crippen molar-refractivity contribution in [1.82, 2.24) is 19.6 Å². The van der Waals surface area contributed by atoms with Gasteiger partial charge in [0.15, 0.2) is 11.5 Å². The number of hydrogen-bond donors (Lipinski definition) is 0. The Morgan fingerprint density at radius 2 is 2.22 bits per heavy atom. The van der Waals surface area contributed by atoms with Crippen LogP contribution in [0.15, 0.2) is 22.8 Å². The minimum atomic E-state index is 0.418. The van der Waals surface area contributed by atoms with E-state index in [-0.39, 0.29) is 0 Å². The van der Waals surface area contributed by atoms with Gasteiger partial charge in [0.1, 0.15) is 16.7 Å². The SMILES string of the molecule is CCc1occc1-c1nnc2cc(Cl)nc(C)n12. The number of hydrogen-bond acceptors (Lipinski definition) is 4.